The standard InChI is InChI=1S/H6N4O5S2/c5-10(6)3-1-9-2-4-11(7)8/h1-4H,(H,5,6)(H,7,8). The van der Waals surface area contributed by atoms with Crippen LogP contribution in [0.1, 0.15) is 0 Å². The zero-order valence-electron chi connectivity index (χ0n) is 4.94. The summed E-state index contributed by atoms with van der Waals surface area (Å²) >= 11 is -4.54. The van der Waals surface area contributed by atoms with Crippen LogP contribution in [-0.4, -0.2) is 17.5 Å². The molecule has 11 heavy (non-hydrogen) atoms. The smallest absolute Gasteiger partial charge is 0.247 e. The van der Waals surface area contributed by atoms with Gasteiger partial charge in [0, 0.05) is 0 Å². The van der Waals surface area contributed by atoms with Crippen molar-refractivity contribution in [3.05, 3.63) is 0 Å². The third-order valence-corrected chi connectivity index (χ3v) is 0.876. The highest BCUT2D eigenvalue weighted by Gasteiger charge is 1.90. The van der Waals surface area contributed by atoms with Gasteiger partial charge in [-0.05, 0) is 0 Å². The molecule has 0 saturated heterocycles. The van der Waals surface area contributed by atoms with Crippen LogP contribution in [0.15, 0.2) is 0 Å². The lowest BCUT2D eigenvalue weighted by molar-refractivity contribution is -0.0591. The minimum atomic E-state index is -2.27. The van der Waals surface area contributed by atoms with E-state index in [2.05, 4.69) is 4.94 Å². The lowest BCUT2D eigenvalue weighted by Crippen LogP contribution is -2.43. The maximum Gasteiger partial charge on any atom is 0.247 e. The largest absolute Gasteiger partial charge is 0.293 e. The molecule has 0 aromatic carbocycles. The summed E-state index contributed by atoms with van der Waals surface area (Å²) in [4.78, 5) is 7.41. The summed E-state index contributed by atoms with van der Waals surface area (Å²) in [7, 11) is 0. The molecule has 0 rings (SSSR count). The first-order valence-corrected chi connectivity index (χ1v) is 4.23. The highest BCUT2D eigenvalue weighted by molar-refractivity contribution is 7.77. The monoisotopic (exact) mass is 206 g/mol. The molecule has 0 fully saturated rings. The Labute approximate surface area is 66.6 Å². The van der Waals surface area contributed by atoms with Crippen LogP contribution in [0.2, 0.25) is 0 Å². The van der Waals surface area contributed by atoms with Crippen molar-refractivity contribution in [1.82, 2.24) is 20.8 Å². The average molecular weight is 206 g/mol. The fourth-order valence-electron chi connectivity index (χ4n) is 0.138. The topological polar surface area (TPSA) is 132 Å². The Hall–Kier alpha value is 0.0200. The fraction of sp³-hybridized carbons (Fsp3) is 0. The second-order valence-corrected chi connectivity index (χ2v) is 2.41. The van der Waals surface area contributed by atoms with E-state index in [0.717, 1.165) is 0 Å². The number of hydrogen-bond acceptors (Lipinski definition) is 5. The highest BCUT2D eigenvalue weighted by Crippen LogP contribution is 1.57. The van der Waals surface area contributed by atoms with Crippen LogP contribution >= 0.6 is 0 Å². The van der Waals surface area contributed by atoms with Gasteiger partial charge in [0.25, 0.3) is 0 Å². The predicted molar refractivity (Wildman–Crippen MR) is 35.2 cm³/mol. The molecule has 9 nitrogen and oxygen atoms in total. The van der Waals surface area contributed by atoms with Crippen molar-refractivity contribution in [3.63, 3.8) is 0 Å². The van der Waals surface area contributed by atoms with Crippen LogP contribution in [0.25, 0.3) is 0 Å². The summed E-state index contributed by atoms with van der Waals surface area (Å²) in [6, 6.07) is 0. The fourth-order valence-corrected chi connectivity index (χ4v) is 0.364. The van der Waals surface area contributed by atoms with Crippen molar-refractivity contribution >= 4 is 22.5 Å². The molecule has 0 bridgehead atoms. The molecule has 0 heterocycles. The van der Waals surface area contributed by atoms with Gasteiger partial charge in [-0.25, -0.2) is 8.42 Å². The van der Waals surface area contributed by atoms with Gasteiger partial charge in [-0.15, -0.1) is 20.8 Å². The molecule has 11 heteroatoms. The highest BCUT2D eigenvalue weighted by atomic mass is 32.2. The van der Waals surface area contributed by atoms with Crippen LogP contribution < -0.4 is 20.8 Å². The van der Waals surface area contributed by atoms with Gasteiger partial charge in [0.15, 0.2) is 0 Å². The summed E-state index contributed by atoms with van der Waals surface area (Å²) in [5, 5.41) is 0. The normalized spacial score (nSPS) is 16.2. The lowest BCUT2D eigenvalue weighted by Gasteiger charge is -2.02. The van der Waals surface area contributed by atoms with Gasteiger partial charge in [-0.1, -0.05) is 0 Å². The summed E-state index contributed by atoms with van der Waals surface area (Å²) in [6.45, 7) is 0. The molecular formula is H6N4O5S2. The Bertz CT molecular complexity index is 131. The molecule has 0 aromatic heterocycles. The molecule has 6 N–H and O–H groups in total. The van der Waals surface area contributed by atoms with Gasteiger partial charge >= 0.3 is 0 Å². The van der Waals surface area contributed by atoms with Crippen molar-refractivity contribution in [2.24, 2.45) is 0 Å². The van der Waals surface area contributed by atoms with Crippen molar-refractivity contribution < 1.29 is 22.5 Å². The van der Waals surface area contributed by atoms with Crippen LogP contribution in [0, 0.1) is 0 Å². The molecule has 0 aliphatic carbocycles. The van der Waals surface area contributed by atoms with Gasteiger partial charge in [-0.2, -0.15) is 4.94 Å². The molecule has 2 unspecified atom stereocenters. The van der Waals surface area contributed by atoms with Crippen molar-refractivity contribution in [2.45, 2.75) is 0 Å². The third-order valence-electron chi connectivity index (χ3n) is 0.360. The van der Waals surface area contributed by atoms with E-state index in [1.165, 1.54) is 0 Å². The van der Waals surface area contributed by atoms with Gasteiger partial charge in [0.05, 0.1) is 0 Å². The maximum atomic E-state index is 9.80. The molecule has 0 aliphatic heterocycles. The second-order valence-electron chi connectivity index (χ2n) is 1.01. The van der Waals surface area contributed by atoms with E-state index in [-0.39, 0.29) is 0 Å². The van der Waals surface area contributed by atoms with E-state index >= 15 is 0 Å². The van der Waals surface area contributed by atoms with Crippen LogP contribution in [0.5, 0.6) is 0 Å². The molecule has 2 atom stereocenters. The van der Waals surface area contributed by atoms with Crippen molar-refractivity contribution in [2.75, 3.05) is 0 Å². The Morgan fingerprint density at radius 1 is 1.00 bits per heavy atom. The van der Waals surface area contributed by atoms with Gasteiger partial charge < -0.3 is 0 Å². The number of nitrogens with one attached hydrogen (secondary N) is 4. The van der Waals surface area contributed by atoms with Crippen molar-refractivity contribution in [3.8, 4) is 0 Å². The predicted octanol–water partition coefficient (Wildman–Crippen LogP) is -2.71. The minimum absolute atomic E-state index is 1.69. The van der Waals surface area contributed by atoms with E-state index in [9.17, 15) is 8.42 Å². The molecule has 0 radical (unpaired) electrons. The number of rotatable bonds is 6. The molecule has 0 saturated carbocycles. The molecule has 0 aliphatic rings. The Morgan fingerprint density at radius 3 is 1.64 bits per heavy atom. The summed E-state index contributed by atoms with van der Waals surface area (Å²) < 4.78 is 35.6. The van der Waals surface area contributed by atoms with E-state index in [4.69, 9.17) is 9.11 Å². The molecular weight excluding hydrogens is 200 g/mol. The maximum absolute atomic E-state index is 9.80. The first-order chi connectivity index (χ1) is 5.13. The summed E-state index contributed by atoms with van der Waals surface area (Å²) in [5.74, 6) is 0. The first-order valence-electron chi connectivity index (χ1n) is 2.01. The van der Waals surface area contributed by atoms with Gasteiger partial charge in [0.1, 0.15) is 0 Å². The van der Waals surface area contributed by atoms with Gasteiger partial charge in [-0.3, -0.25) is 9.11 Å². The SMILES string of the molecule is O=S(O)NNONNS(=O)O. The number of hydrazine groups is 2. The molecule has 68 valence electrons. The molecule has 0 amide bonds. The first kappa shape index (κ1) is 11.0. The van der Waals surface area contributed by atoms with E-state index in [1.807, 2.05) is 0 Å². The Balaban J connectivity index is 3.03. The van der Waals surface area contributed by atoms with E-state index < -0.39 is 22.5 Å². The quantitative estimate of drug-likeness (QED) is 0.158. The third kappa shape index (κ3) is 10.0. The summed E-state index contributed by atoms with van der Waals surface area (Å²) in [5.41, 5.74) is 3.44. The Kier molecular flexibility index (Phi) is 6.73. The van der Waals surface area contributed by atoms with Gasteiger partial charge in [0.2, 0.25) is 22.5 Å². The average Bonchev–Trinajstić information content (AvgIpc) is 1.85. The van der Waals surface area contributed by atoms with Crippen LogP contribution in [0.4, 0.5) is 0 Å². The molecule has 0 aromatic rings. The second kappa shape index (κ2) is 6.71. The van der Waals surface area contributed by atoms with E-state index in [1.54, 1.807) is 20.8 Å². The van der Waals surface area contributed by atoms with Crippen LogP contribution in [0.3, 0.4) is 0 Å². The lowest BCUT2D eigenvalue weighted by atomic mass is 12.6. The Morgan fingerprint density at radius 2 is 1.36 bits per heavy atom. The minimum Gasteiger partial charge on any atom is -0.293 e. The molecule has 0 spiro atoms. The van der Waals surface area contributed by atoms with Crippen LogP contribution in [-0.2, 0) is 27.5 Å². The van der Waals surface area contributed by atoms with E-state index in [0.29, 0.717) is 0 Å². The zero-order valence-corrected chi connectivity index (χ0v) is 6.57. The number of hydrogen-bond donors (Lipinski definition) is 6. The zero-order chi connectivity index (χ0) is 8.69. The summed E-state index contributed by atoms with van der Waals surface area (Å²) in [6.07, 6.45) is 0. The van der Waals surface area contributed by atoms with Crippen molar-refractivity contribution in [1.29, 1.82) is 0 Å².